The predicted octanol–water partition coefficient (Wildman–Crippen LogP) is 2.77. The fourth-order valence-electron chi connectivity index (χ4n) is 2.66. The zero-order valence-electron chi connectivity index (χ0n) is 14.7. The summed E-state index contributed by atoms with van der Waals surface area (Å²) < 4.78 is 1.21. The molecule has 0 aliphatic heterocycles. The molecule has 2 rings (SSSR count). The van der Waals surface area contributed by atoms with Gasteiger partial charge in [-0.25, -0.2) is 4.68 Å². The van der Waals surface area contributed by atoms with Crippen molar-refractivity contribution in [1.29, 1.82) is 0 Å². The summed E-state index contributed by atoms with van der Waals surface area (Å²) in [5.74, 6) is 0.310. The van der Waals surface area contributed by atoms with Crippen LogP contribution in [0.1, 0.15) is 32.8 Å². The van der Waals surface area contributed by atoms with E-state index < -0.39 is 0 Å². The van der Waals surface area contributed by atoms with E-state index in [1.165, 1.54) is 10.7 Å². The van der Waals surface area contributed by atoms with E-state index in [-0.39, 0.29) is 24.1 Å². The topological polar surface area (TPSA) is 64.0 Å². The van der Waals surface area contributed by atoms with Crippen molar-refractivity contribution in [1.82, 2.24) is 15.1 Å². The lowest BCUT2D eigenvalue weighted by molar-refractivity contribution is -0.122. The van der Waals surface area contributed by atoms with Crippen LogP contribution in [0.15, 0.2) is 41.2 Å². The highest BCUT2D eigenvalue weighted by Crippen LogP contribution is 2.15. The van der Waals surface area contributed by atoms with Crippen molar-refractivity contribution >= 4 is 5.91 Å². The fourth-order valence-corrected chi connectivity index (χ4v) is 2.66. The summed E-state index contributed by atoms with van der Waals surface area (Å²) in [5.41, 5.74) is 2.48. The number of hydrogen-bond acceptors (Lipinski definition) is 3. The van der Waals surface area contributed by atoms with Gasteiger partial charge in [0.1, 0.15) is 6.54 Å². The van der Waals surface area contributed by atoms with Crippen LogP contribution in [-0.2, 0) is 11.3 Å². The van der Waals surface area contributed by atoms with E-state index in [0.29, 0.717) is 11.6 Å². The smallest absolute Gasteiger partial charge is 0.267 e. The van der Waals surface area contributed by atoms with Crippen LogP contribution >= 0.6 is 0 Å². The molecule has 5 nitrogen and oxygen atoms in total. The number of hydrogen-bond donors (Lipinski definition) is 1. The third kappa shape index (κ3) is 5.05. The van der Waals surface area contributed by atoms with Gasteiger partial charge in [0.25, 0.3) is 5.56 Å². The van der Waals surface area contributed by atoms with Gasteiger partial charge in [-0.3, -0.25) is 9.59 Å². The number of aromatic nitrogens is 2. The van der Waals surface area contributed by atoms with Crippen molar-refractivity contribution < 1.29 is 4.79 Å². The number of carbonyl (C=O) groups is 1. The molecular weight excluding hydrogens is 302 g/mol. The van der Waals surface area contributed by atoms with Crippen molar-refractivity contribution in [3.05, 3.63) is 52.3 Å². The summed E-state index contributed by atoms with van der Waals surface area (Å²) in [6.07, 6.45) is 0.900. The van der Waals surface area contributed by atoms with Crippen molar-refractivity contribution in [3.63, 3.8) is 0 Å². The molecule has 0 fully saturated rings. The maximum atomic E-state index is 12.1. The van der Waals surface area contributed by atoms with Crippen LogP contribution in [0.4, 0.5) is 0 Å². The molecule has 5 heteroatoms. The Kier molecular flexibility index (Phi) is 5.90. The summed E-state index contributed by atoms with van der Waals surface area (Å²) >= 11 is 0. The Balaban J connectivity index is 2.13. The molecule has 0 saturated heterocycles. The third-order valence-corrected chi connectivity index (χ3v) is 3.74. The first kappa shape index (κ1) is 17.9. The van der Waals surface area contributed by atoms with Gasteiger partial charge < -0.3 is 5.32 Å². The normalized spacial score (nSPS) is 12.2. The van der Waals surface area contributed by atoms with Gasteiger partial charge in [0.2, 0.25) is 5.91 Å². The highest BCUT2D eigenvalue weighted by Gasteiger charge is 2.11. The minimum atomic E-state index is -0.280. The molecule has 1 aromatic heterocycles. The summed E-state index contributed by atoms with van der Waals surface area (Å²) in [6.45, 7) is 8.14. The van der Waals surface area contributed by atoms with Crippen LogP contribution in [0.3, 0.4) is 0 Å². The number of rotatable bonds is 6. The molecule has 2 aromatic rings. The van der Waals surface area contributed by atoms with Crippen LogP contribution in [0, 0.1) is 12.8 Å². The molecule has 1 atom stereocenters. The van der Waals surface area contributed by atoms with Crippen molar-refractivity contribution in [2.24, 2.45) is 5.92 Å². The van der Waals surface area contributed by atoms with Crippen LogP contribution < -0.4 is 10.9 Å². The molecule has 1 heterocycles. The lowest BCUT2D eigenvalue weighted by Gasteiger charge is -2.16. The van der Waals surface area contributed by atoms with E-state index in [9.17, 15) is 9.59 Å². The molecule has 0 saturated carbocycles. The maximum absolute atomic E-state index is 12.1. The summed E-state index contributed by atoms with van der Waals surface area (Å²) in [7, 11) is 0. The van der Waals surface area contributed by atoms with Gasteiger partial charge in [-0.15, -0.1) is 0 Å². The monoisotopic (exact) mass is 327 g/mol. The Morgan fingerprint density at radius 1 is 1.12 bits per heavy atom. The minimum absolute atomic E-state index is 0.0685. The number of aryl methyl sites for hydroxylation is 1. The van der Waals surface area contributed by atoms with E-state index in [1.54, 1.807) is 6.07 Å². The maximum Gasteiger partial charge on any atom is 0.267 e. The third-order valence-electron chi connectivity index (χ3n) is 3.74. The number of nitrogens with one attached hydrogen (secondary N) is 1. The molecular formula is C19H25N3O2. The second-order valence-electron chi connectivity index (χ2n) is 6.68. The molecule has 1 amide bonds. The SMILES string of the molecule is Cc1ccc(-c2ccc(=O)n(CC(=O)NC(C)CC(C)C)n2)cc1. The van der Waals surface area contributed by atoms with Gasteiger partial charge in [0, 0.05) is 17.7 Å². The van der Waals surface area contributed by atoms with E-state index >= 15 is 0 Å². The van der Waals surface area contributed by atoms with E-state index in [4.69, 9.17) is 0 Å². The summed E-state index contributed by atoms with van der Waals surface area (Å²) in [4.78, 5) is 24.1. The molecule has 1 aromatic carbocycles. The average molecular weight is 327 g/mol. The zero-order valence-corrected chi connectivity index (χ0v) is 14.7. The van der Waals surface area contributed by atoms with Crippen LogP contribution in [0.25, 0.3) is 11.3 Å². The number of benzene rings is 1. The first-order valence-corrected chi connectivity index (χ1v) is 8.29. The molecule has 1 unspecified atom stereocenters. The van der Waals surface area contributed by atoms with Gasteiger partial charge >= 0.3 is 0 Å². The predicted molar refractivity (Wildman–Crippen MR) is 95.7 cm³/mol. The average Bonchev–Trinajstić information content (AvgIpc) is 2.49. The number of nitrogens with zero attached hydrogens (tertiary/aromatic N) is 2. The first-order chi connectivity index (χ1) is 11.3. The highest BCUT2D eigenvalue weighted by atomic mass is 16.2. The van der Waals surface area contributed by atoms with E-state index in [0.717, 1.165) is 17.5 Å². The Morgan fingerprint density at radius 2 is 1.79 bits per heavy atom. The molecule has 0 aliphatic carbocycles. The Labute approximate surface area is 142 Å². The number of carbonyl (C=O) groups excluding carboxylic acids is 1. The zero-order chi connectivity index (χ0) is 17.7. The standard InChI is InChI=1S/C19H25N3O2/c1-13(2)11-15(4)20-18(23)12-22-19(24)10-9-17(21-22)16-7-5-14(3)6-8-16/h5-10,13,15H,11-12H2,1-4H3,(H,20,23). The highest BCUT2D eigenvalue weighted by molar-refractivity contribution is 5.76. The summed E-state index contributed by atoms with van der Waals surface area (Å²) in [6, 6.07) is 11.1. The molecule has 1 N–H and O–H groups in total. The fraction of sp³-hybridized carbons (Fsp3) is 0.421. The van der Waals surface area contributed by atoms with Gasteiger partial charge in [0.15, 0.2) is 0 Å². The molecule has 128 valence electrons. The van der Waals surface area contributed by atoms with Gasteiger partial charge in [-0.2, -0.15) is 5.10 Å². The van der Waals surface area contributed by atoms with Gasteiger partial charge in [0.05, 0.1) is 5.69 Å². The Morgan fingerprint density at radius 3 is 2.42 bits per heavy atom. The summed E-state index contributed by atoms with van der Waals surface area (Å²) in [5, 5.41) is 7.24. The van der Waals surface area contributed by atoms with Crippen LogP contribution in [0.2, 0.25) is 0 Å². The Bertz CT molecular complexity index is 748. The lowest BCUT2D eigenvalue weighted by atomic mass is 10.1. The van der Waals surface area contributed by atoms with E-state index in [1.807, 2.05) is 38.1 Å². The molecule has 0 radical (unpaired) electrons. The molecule has 0 spiro atoms. The molecule has 0 bridgehead atoms. The lowest BCUT2D eigenvalue weighted by Crippen LogP contribution is -2.38. The van der Waals surface area contributed by atoms with E-state index in [2.05, 4.69) is 24.3 Å². The van der Waals surface area contributed by atoms with Crippen molar-refractivity contribution in [3.8, 4) is 11.3 Å². The van der Waals surface area contributed by atoms with Gasteiger partial charge in [-0.1, -0.05) is 43.7 Å². The van der Waals surface area contributed by atoms with Crippen LogP contribution in [-0.4, -0.2) is 21.7 Å². The van der Waals surface area contributed by atoms with Crippen molar-refractivity contribution in [2.45, 2.75) is 46.7 Å². The second kappa shape index (κ2) is 7.90. The van der Waals surface area contributed by atoms with Crippen molar-refractivity contribution in [2.75, 3.05) is 0 Å². The number of amides is 1. The first-order valence-electron chi connectivity index (χ1n) is 8.29. The van der Waals surface area contributed by atoms with Crippen LogP contribution in [0.5, 0.6) is 0 Å². The van der Waals surface area contributed by atoms with Gasteiger partial charge in [-0.05, 0) is 32.3 Å². The minimum Gasteiger partial charge on any atom is -0.352 e. The largest absolute Gasteiger partial charge is 0.352 e. The molecule has 24 heavy (non-hydrogen) atoms. The molecule has 0 aliphatic rings. The Hall–Kier alpha value is -2.43. The quantitative estimate of drug-likeness (QED) is 0.887. The second-order valence-corrected chi connectivity index (χ2v) is 6.68.